The average molecular weight is 242 g/mol. The van der Waals surface area contributed by atoms with Gasteiger partial charge in [-0.2, -0.15) is 0 Å². The molecule has 88 valence electrons. The number of aromatic hydroxyl groups is 1. The fourth-order valence-electron chi connectivity index (χ4n) is 2.60. The van der Waals surface area contributed by atoms with Gasteiger partial charge in [-0.15, -0.1) is 12.4 Å². The Morgan fingerprint density at radius 1 is 1.38 bits per heavy atom. The zero-order valence-corrected chi connectivity index (χ0v) is 9.80. The van der Waals surface area contributed by atoms with Crippen molar-refractivity contribution < 1.29 is 9.84 Å². The van der Waals surface area contributed by atoms with Crippen molar-refractivity contribution in [2.24, 2.45) is 0 Å². The number of phenols is 1. The van der Waals surface area contributed by atoms with Gasteiger partial charge in [0.2, 0.25) is 0 Å². The van der Waals surface area contributed by atoms with Gasteiger partial charge in [0, 0.05) is 12.6 Å². The maximum atomic E-state index is 9.50. The van der Waals surface area contributed by atoms with Crippen molar-refractivity contribution in [3.8, 4) is 5.75 Å². The molecule has 1 heterocycles. The van der Waals surface area contributed by atoms with Gasteiger partial charge in [0.25, 0.3) is 0 Å². The van der Waals surface area contributed by atoms with Gasteiger partial charge in [0.15, 0.2) is 0 Å². The number of phenolic OH excluding ortho intramolecular Hbond substituents is 1. The van der Waals surface area contributed by atoms with Crippen molar-refractivity contribution in [2.75, 3.05) is 13.2 Å². The van der Waals surface area contributed by atoms with Gasteiger partial charge in [0.05, 0.1) is 12.7 Å². The summed E-state index contributed by atoms with van der Waals surface area (Å²) in [6.07, 6.45) is 2.34. The molecule has 0 saturated carbocycles. The zero-order chi connectivity index (χ0) is 10.3. The van der Waals surface area contributed by atoms with Gasteiger partial charge in [-0.1, -0.05) is 6.07 Å². The van der Waals surface area contributed by atoms with Gasteiger partial charge < -0.3 is 15.2 Å². The molecule has 1 saturated heterocycles. The molecule has 1 fully saturated rings. The number of halogens is 1. The molecular weight excluding hydrogens is 226 g/mol. The highest BCUT2D eigenvalue weighted by Gasteiger charge is 2.32. The van der Waals surface area contributed by atoms with Gasteiger partial charge >= 0.3 is 0 Å². The Bertz CT molecular complexity index is 383. The molecule has 2 atom stereocenters. The van der Waals surface area contributed by atoms with E-state index in [4.69, 9.17) is 4.74 Å². The van der Waals surface area contributed by atoms with Crippen molar-refractivity contribution in [2.45, 2.75) is 25.0 Å². The number of nitrogens with one attached hydrogen (secondary N) is 1. The van der Waals surface area contributed by atoms with Crippen molar-refractivity contribution in [3.05, 3.63) is 29.3 Å². The minimum absolute atomic E-state index is 0. The Hall–Kier alpha value is -0.770. The lowest BCUT2D eigenvalue weighted by atomic mass is 9.85. The molecule has 1 aliphatic heterocycles. The smallest absolute Gasteiger partial charge is 0.115 e. The zero-order valence-electron chi connectivity index (χ0n) is 8.98. The van der Waals surface area contributed by atoms with Crippen LogP contribution in [0.1, 0.15) is 23.7 Å². The molecule has 2 N–H and O–H groups in total. The highest BCUT2D eigenvalue weighted by Crippen LogP contribution is 2.35. The first kappa shape index (κ1) is 11.7. The summed E-state index contributed by atoms with van der Waals surface area (Å²) in [5, 5.41) is 13.0. The van der Waals surface area contributed by atoms with E-state index < -0.39 is 0 Å². The van der Waals surface area contributed by atoms with Gasteiger partial charge in [-0.25, -0.2) is 0 Å². The first-order chi connectivity index (χ1) is 7.34. The number of hydrogen-bond acceptors (Lipinski definition) is 3. The third-order valence-electron chi connectivity index (χ3n) is 3.33. The van der Waals surface area contributed by atoms with Crippen LogP contribution in [0.5, 0.6) is 5.75 Å². The summed E-state index contributed by atoms with van der Waals surface area (Å²) in [6.45, 7) is 1.70. The molecule has 1 aliphatic carbocycles. The maximum absolute atomic E-state index is 9.50. The number of benzene rings is 1. The molecule has 0 spiro atoms. The molecule has 1 aromatic carbocycles. The Kier molecular flexibility index (Phi) is 3.38. The van der Waals surface area contributed by atoms with E-state index in [0.717, 1.165) is 26.0 Å². The van der Waals surface area contributed by atoms with Crippen molar-refractivity contribution in [3.63, 3.8) is 0 Å². The van der Waals surface area contributed by atoms with Crippen LogP contribution in [0, 0.1) is 0 Å². The second kappa shape index (κ2) is 4.62. The van der Waals surface area contributed by atoms with Crippen LogP contribution in [-0.2, 0) is 11.2 Å². The van der Waals surface area contributed by atoms with E-state index in [9.17, 15) is 5.11 Å². The minimum Gasteiger partial charge on any atom is -0.508 e. The lowest BCUT2D eigenvalue weighted by Crippen LogP contribution is -2.45. The van der Waals surface area contributed by atoms with Crippen LogP contribution < -0.4 is 5.32 Å². The number of ether oxygens (including phenoxy) is 1. The van der Waals surface area contributed by atoms with Crippen LogP contribution in [0.25, 0.3) is 0 Å². The lowest BCUT2D eigenvalue weighted by Gasteiger charge is -2.37. The topological polar surface area (TPSA) is 41.5 Å². The molecule has 3 nitrogen and oxygen atoms in total. The van der Waals surface area contributed by atoms with E-state index in [1.807, 2.05) is 12.1 Å². The van der Waals surface area contributed by atoms with E-state index in [-0.39, 0.29) is 18.5 Å². The van der Waals surface area contributed by atoms with Crippen LogP contribution in [0.15, 0.2) is 18.2 Å². The Labute approximate surface area is 101 Å². The SMILES string of the molecule is Cl.Oc1ccc2c(c1)[C@H]1OCCN[C@@H]1CC2. The Morgan fingerprint density at radius 2 is 2.25 bits per heavy atom. The van der Waals surface area contributed by atoms with Gasteiger partial charge in [-0.3, -0.25) is 0 Å². The highest BCUT2D eigenvalue weighted by atomic mass is 35.5. The average Bonchev–Trinajstić information content (AvgIpc) is 2.29. The van der Waals surface area contributed by atoms with E-state index in [1.54, 1.807) is 6.07 Å². The predicted octanol–water partition coefficient (Wildman–Crippen LogP) is 1.79. The van der Waals surface area contributed by atoms with Gasteiger partial charge in [0.1, 0.15) is 5.75 Å². The van der Waals surface area contributed by atoms with Crippen LogP contribution in [0.2, 0.25) is 0 Å². The molecular formula is C12H16ClNO2. The molecule has 1 aromatic rings. The summed E-state index contributed by atoms with van der Waals surface area (Å²) in [6, 6.07) is 6.04. The molecule has 16 heavy (non-hydrogen) atoms. The number of rotatable bonds is 0. The minimum atomic E-state index is 0. The fraction of sp³-hybridized carbons (Fsp3) is 0.500. The van der Waals surface area contributed by atoms with Gasteiger partial charge in [-0.05, 0) is 36.1 Å². The number of hydrogen-bond donors (Lipinski definition) is 2. The molecule has 4 heteroatoms. The molecule has 0 bridgehead atoms. The Balaban J connectivity index is 0.000000963. The van der Waals surface area contributed by atoms with Crippen LogP contribution in [0.4, 0.5) is 0 Å². The highest BCUT2D eigenvalue weighted by molar-refractivity contribution is 5.85. The molecule has 0 aromatic heterocycles. The first-order valence-electron chi connectivity index (χ1n) is 5.51. The third-order valence-corrected chi connectivity index (χ3v) is 3.33. The summed E-state index contributed by atoms with van der Waals surface area (Å²) < 4.78 is 5.79. The summed E-state index contributed by atoms with van der Waals surface area (Å²) in [4.78, 5) is 0. The number of aryl methyl sites for hydroxylation is 1. The van der Waals surface area contributed by atoms with Crippen LogP contribution in [0.3, 0.4) is 0 Å². The van der Waals surface area contributed by atoms with E-state index in [0.29, 0.717) is 11.8 Å². The third kappa shape index (κ3) is 1.90. The van der Waals surface area contributed by atoms with E-state index >= 15 is 0 Å². The molecule has 3 rings (SSSR count). The second-order valence-electron chi connectivity index (χ2n) is 4.27. The van der Waals surface area contributed by atoms with E-state index in [1.165, 1.54) is 11.1 Å². The normalized spacial score (nSPS) is 27.5. The van der Waals surface area contributed by atoms with Crippen molar-refractivity contribution in [1.82, 2.24) is 5.32 Å². The first-order valence-corrected chi connectivity index (χ1v) is 5.51. The quantitative estimate of drug-likeness (QED) is 0.728. The van der Waals surface area contributed by atoms with Crippen molar-refractivity contribution >= 4 is 12.4 Å². The monoisotopic (exact) mass is 241 g/mol. The Morgan fingerprint density at radius 3 is 3.12 bits per heavy atom. The summed E-state index contributed by atoms with van der Waals surface area (Å²) in [5.74, 6) is 0.337. The summed E-state index contributed by atoms with van der Waals surface area (Å²) in [5.41, 5.74) is 2.48. The molecule has 0 radical (unpaired) electrons. The second-order valence-corrected chi connectivity index (χ2v) is 4.27. The molecule has 0 unspecified atom stereocenters. The number of fused-ring (bicyclic) bond motifs is 3. The molecule has 0 amide bonds. The van der Waals surface area contributed by atoms with Crippen LogP contribution >= 0.6 is 12.4 Å². The fourth-order valence-corrected chi connectivity index (χ4v) is 2.60. The standard InChI is InChI=1S/C12H15NO2.ClH/c14-9-3-1-8-2-4-11-12(10(8)7-9)15-6-5-13-11;/h1,3,7,11-14H,2,4-6H2;1H/t11-,12-;/m1./s1. The lowest BCUT2D eigenvalue weighted by molar-refractivity contribution is -0.0128. The summed E-state index contributed by atoms with van der Waals surface area (Å²) in [7, 11) is 0. The van der Waals surface area contributed by atoms with E-state index in [2.05, 4.69) is 5.32 Å². The summed E-state index contributed by atoms with van der Waals surface area (Å²) >= 11 is 0. The maximum Gasteiger partial charge on any atom is 0.115 e. The van der Waals surface area contributed by atoms with Crippen molar-refractivity contribution in [1.29, 1.82) is 0 Å². The number of morpholine rings is 1. The predicted molar refractivity (Wildman–Crippen MR) is 64.2 cm³/mol. The van der Waals surface area contributed by atoms with Crippen LogP contribution in [-0.4, -0.2) is 24.3 Å². The molecule has 2 aliphatic rings. The largest absolute Gasteiger partial charge is 0.508 e.